The molecule has 11 heavy (non-hydrogen) atoms. The second-order valence-corrected chi connectivity index (χ2v) is 2.05. The molecule has 0 aliphatic rings. The molecule has 0 saturated carbocycles. The molecule has 1 rings (SSSR count). The van der Waals surface area contributed by atoms with Crippen LogP contribution in [0.3, 0.4) is 0 Å². The minimum atomic E-state index is -0.847. The lowest BCUT2D eigenvalue weighted by Gasteiger charge is -2.01. The molecule has 0 bridgehead atoms. The molecule has 4 heteroatoms. The van der Waals surface area contributed by atoms with Crippen LogP contribution in [0.25, 0.3) is 0 Å². The van der Waals surface area contributed by atoms with Crippen LogP contribution >= 0.6 is 0 Å². The van der Waals surface area contributed by atoms with Crippen molar-refractivity contribution in [2.75, 3.05) is 5.73 Å². The third-order valence-corrected chi connectivity index (χ3v) is 1.34. The number of hydrogen-bond acceptors (Lipinski definition) is 3. The summed E-state index contributed by atoms with van der Waals surface area (Å²) in [5, 5.41) is 15.6. The first kappa shape index (κ1) is 7.53. The van der Waals surface area contributed by atoms with Crippen LogP contribution in [0, 0.1) is 11.2 Å². The molecule has 0 radical (unpaired) electrons. The van der Waals surface area contributed by atoms with Gasteiger partial charge in [0.15, 0.2) is 11.6 Å². The van der Waals surface area contributed by atoms with Crippen LogP contribution in [0.1, 0.15) is 5.56 Å². The molecule has 0 spiro atoms. The maximum absolute atomic E-state index is 12.8. The smallest absolute Gasteiger partial charge is 0.175 e. The third kappa shape index (κ3) is 1.14. The van der Waals surface area contributed by atoms with E-state index in [4.69, 9.17) is 16.2 Å². The molecule has 0 aliphatic heterocycles. The summed E-state index contributed by atoms with van der Waals surface area (Å²) < 4.78 is 12.8. The summed E-state index contributed by atoms with van der Waals surface area (Å²) in [5.41, 5.74) is 5.37. The Labute approximate surface area is 62.8 Å². The van der Waals surface area contributed by atoms with Gasteiger partial charge in [0.2, 0.25) is 0 Å². The minimum absolute atomic E-state index is 0.0787. The van der Waals surface area contributed by atoms with Gasteiger partial charge in [0.05, 0.1) is 5.56 Å². The average Bonchev–Trinajstić information content (AvgIpc) is 1.99. The van der Waals surface area contributed by atoms with Gasteiger partial charge in [-0.1, -0.05) is 0 Å². The molecule has 0 amide bonds. The van der Waals surface area contributed by atoms with E-state index in [0.29, 0.717) is 0 Å². The Balaban J connectivity index is 3.40. The lowest BCUT2D eigenvalue weighted by molar-refractivity contribution is 0.432. The number of phenols is 1. The van der Waals surface area contributed by atoms with Crippen LogP contribution in [0.15, 0.2) is 12.1 Å². The Morgan fingerprint density at radius 3 is 2.64 bits per heavy atom. The van der Waals surface area contributed by atoms with Gasteiger partial charge >= 0.3 is 0 Å². The summed E-state index contributed by atoms with van der Waals surface area (Å²) in [6, 6.07) is 2.50. The Kier molecular flexibility index (Phi) is 1.76. The number of nitrogens with two attached hydrogens (primary N) is 1. The number of nitrogens with one attached hydrogen (secondary N) is 1. The van der Waals surface area contributed by atoms with Crippen LogP contribution in [-0.2, 0) is 0 Å². The first-order valence-electron chi connectivity index (χ1n) is 2.94. The van der Waals surface area contributed by atoms with Crippen molar-refractivity contribution in [2.45, 2.75) is 0 Å². The Bertz CT molecular complexity index is 299. The molecule has 58 valence electrons. The molecule has 0 atom stereocenters. The summed E-state index contributed by atoms with van der Waals surface area (Å²) >= 11 is 0. The fourth-order valence-corrected chi connectivity index (χ4v) is 0.743. The lowest BCUT2D eigenvalue weighted by Crippen LogP contribution is -1.96. The van der Waals surface area contributed by atoms with Crippen LogP contribution in [0.2, 0.25) is 0 Å². The van der Waals surface area contributed by atoms with Gasteiger partial charge in [-0.3, -0.25) is 0 Å². The number of anilines is 1. The van der Waals surface area contributed by atoms with Gasteiger partial charge in [0.1, 0.15) is 0 Å². The number of phenolic OH excluding ortho intramolecular Hbond substituents is 1. The summed E-state index contributed by atoms with van der Waals surface area (Å²) in [7, 11) is 0. The number of rotatable bonds is 1. The van der Waals surface area contributed by atoms with Crippen molar-refractivity contribution < 1.29 is 9.50 Å². The lowest BCUT2D eigenvalue weighted by atomic mass is 10.2. The van der Waals surface area contributed by atoms with Gasteiger partial charge in [0, 0.05) is 11.9 Å². The molecule has 3 nitrogen and oxygen atoms in total. The quantitative estimate of drug-likeness (QED) is 0.322. The molecular weight excluding hydrogens is 147 g/mol. The maximum Gasteiger partial charge on any atom is 0.175 e. The van der Waals surface area contributed by atoms with E-state index >= 15 is 0 Å². The second-order valence-electron chi connectivity index (χ2n) is 2.05. The molecule has 4 N–H and O–H groups in total. The van der Waals surface area contributed by atoms with Crippen molar-refractivity contribution in [2.24, 2.45) is 0 Å². The van der Waals surface area contributed by atoms with Crippen LogP contribution in [0.5, 0.6) is 5.75 Å². The summed E-state index contributed by atoms with van der Waals surface area (Å²) in [5.74, 6) is -1.34. The van der Waals surface area contributed by atoms with Crippen molar-refractivity contribution in [3.05, 3.63) is 23.5 Å². The van der Waals surface area contributed by atoms with Crippen molar-refractivity contribution in [1.29, 1.82) is 5.41 Å². The molecule has 0 fully saturated rings. The second kappa shape index (κ2) is 2.57. The predicted octanol–water partition coefficient (Wildman–Crippen LogP) is 1.11. The molecule has 1 aromatic carbocycles. The molecule has 0 heterocycles. The largest absolute Gasteiger partial charge is 0.505 e. The molecule has 0 saturated heterocycles. The summed E-state index contributed by atoms with van der Waals surface area (Å²) in [6.45, 7) is 0. The highest BCUT2D eigenvalue weighted by Crippen LogP contribution is 2.22. The Morgan fingerprint density at radius 2 is 2.18 bits per heavy atom. The first-order valence-corrected chi connectivity index (χ1v) is 2.94. The highest BCUT2D eigenvalue weighted by molar-refractivity contribution is 5.85. The SMILES string of the molecule is N=Cc1c(N)ccc(O)c1F. The van der Waals surface area contributed by atoms with E-state index in [2.05, 4.69) is 0 Å². The van der Waals surface area contributed by atoms with Gasteiger partial charge in [-0.2, -0.15) is 0 Å². The topological polar surface area (TPSA) is 70.1 Å². The van der Waals surface area contributed by atoms with E-state index in [1.165, 1.54) is 6.07 Å². The highest BCUT2D eigenvalue weighted by Gasteiger charge is 2.07. The number of hydrogen-bond donors (Lipinski definition) is 3. The van der Waals surface area contributed by atoms with Gasteiger partial charge < -0.3 is 16.2 Å². The number of nitrogen functional groups attached to an aromatic ring is 1. The Hall–Kier alpha value is -1.58. The zero-order valence-electron chi connectivity index (χ0n) is 5.63. The first-order chi connectivity index (χ1) is 5.16. The standard InChI is InChI=1S/C7H7FN2O/c8-7-4(3-9)5(10)1-2-6(7)11/h1-3,9,11H,10H2. The zero-order chi connectivity index (χ0) is 8.43. The molecule has 0 aromatic heterocycles. The minimum Gasteiger partial charge on any atom is -0.505 e. The van der Waals surface area contributed by atoms with Crippen LogP contribution < -0.4 is 5.73 Å². The van der Waals surface area contributed by atoms with Crippen molar-refractivity contribution in [3.8, 4) is 5.75 Å². The average molecular weight is 154 g/mol. The number of aromatic hydroxyl groups is 1. The number of halogens is 1. The van der Waals surface area contributed by atoms with Crippen LogP contribution in [-0.4, -0.2) is 11.3 Å². The molecular formula is C7H7FN2O. The van der Waals surface area contributed by atoms with Gasteiger partial charge in [-0.25, -0.2) is 4.39 Å². The van der Waals surface area contributed by atoms with E-state index in [1.807, 2.05) is 0 Å². The van der Waals surface area contributed by atoms with Gasteiger partial charge in [-0.15, -0.1) is 0 Å². The maximum atomic E-state index is 12.8. The fraction of sp³-hybridized carbons (Fsp3) is 0. The van der Waals surface area contributed by atoms with E-state index in [-0.39, 0.29) is 11.3 Å². The predicted molar refractivity (Wildman–Crippen MR) is 40.4 cm³/mol. The van der Waals surface area contributed by atoms with E-state index in [1.54, 1.807) is 0 Å². The molecule has 0 aliphatic carbocycles. The summed E-state index contributed by atoms with van der Waals surface area (Å²) in [6.07, 6.45) is 0.768. The Morgan fingerprint density at radius 1 is 1.55 bits per heavy atom. The van der Waals surface area contributed by atoms with Gasteiger partial charge in [0.25, 0.3) is 0 Å². The monoisotopic (exact) mass is 154 g/mol. The van der Waals surface area contributed by atoms with E-state index in [9.17, 15) is 4.39 Å². The highest BCUT2D eigenvalue weighted by atomic mass is 19.1. The van der Waals surface area contributed by atoms with Crippen molar-refractivity contribution >= 4 is 11.9 Å². The van der Waals surface area contributed by atoms with Gasteiger partial charge in [-0.05, 0) is 12.1 Å². The molecule has 0 unspecified atom stereocenters. The molecule has 1 aromatic rings. The normalized spacial score (nSPS) is 9.55. The zero-order valence-corrected chi connectivity index (χ0v) is 5.63. The van der Waals surface area contributed by atoms with Crippen molar-refractivity contribution in [3.63, 3.8) is 0 Å². The number of benzene rings is 1. The summed E-state index contributed by atoms with van der Waals surface area (Å²) in [4.78, 5) is 0. The van der Waals surface area contributed by atoms with E-state index in [0.717, 1.165) is 12.3 Å². The fourth-order valence-electron chi connectivity index (χ4n) is 0.743. The van der Waals surface area contributed by atoms with E-state index < -0.39 is 11.6 Å². The van der Waals surface area contributed by atoms with Crippen molar-refractivity contribution in [1.82, 2.24) is 0 Å². The third-order valence-electron chi connectivity index (χ3n) is 1.34. The van der Waals surface area contributed by atoms with Crippen LogP contribution in [0.4, 0.5) is 10.1 Å².